The van der Waals surface area contributed by atoms with Gasteiger partial charge in [-0.05, 0) is 12.1 Å². The van der Waals surface area contributed by atoms with Gasteiger partial charge in [0.05, 0.1) is 11.9 Å². The van der Waals surface area contributed by atoms with Crippen molar-refractivity contribution < 1.29 is 4.74 Å². The van der Waals surface area contributed by atoms with Crippen LogP contribution in [0.5, 0.6) is 0 Å². The van der Waals surface area contributed by atoms with Gasteiger partial charge < -0.3 is 4.74 Å². The Morgan fingerprint density at radius 2 is 2.13 bits per heavy atom. The minimum absolute atomic E-state index is 0.397. The molecule has 3 rings (SSSR count). The zero-order valence-electron chi connectivity index (χ0n) is 13.5. The summed E-state index contributed by atoms with van der Waals surface area (Å²) in [6, 6.07) is 3.00. The van der Waals surface area contributed by atoms with Crippen molar-refractivity contribution >= 4 is 30.7 Å². The molecule has 6 nitrogen and oxygen atoms in total. The molecule has 0 bridgehead atoms. The molecule has 0 aromatic carbocycles. The first-order valence-corrected chi connectivity index (χ1v) is 11.6. The third-order valence-corrected chi connectivity index (χ3v) is 5.65. The summed E-state index contributed by atoms with van der Waals surface area (Å²) in [6.45, 7) is 8.14. The third-order valence-electron chi connectivity index (χ3n) is 3.63. The van der Waals surface area contributed by atoms with E-state index in [1.807, 2.05) is 10.6 Å². The summed E-state index contributed by atoms with van der Waals surface area (Å²) in [7, 11) is -1.10. The molecule has 0 unspecified atom stereocenters. The number of H-pyrrole nitrogens is 1. The molecule has 23 heavy (non-hydrogen) atoms. The van der Waals surface area contributed by atoms with E-state index in [-0.39, 0.29) is 0 Å². The number of ether oxygens (including phenoxy) is 1. The molecule has 0 saturated heterocycles. The van der Waals surface area contributed by atoms with Gasteiger partial charge in [0.15, 0.2) is 0 Å². The number of rotatable bonds is 6. The highest BCUT2D eigenvalue weighted by Gasteiger charge is 2.16. The molecule has 122 valence electrons. The molecule has 0 amide bonds. The van der Waals surface area contributed by atoms with E-state index in [0.29, 0.717) is 11.9 Å². The van der Waals surface area contributed by atoms with Crippen LogP contribution in [-0.4, -0.2) is 39.4 Å². The number of hydrogen-bond donors (Lipinski definition) is 1. The minimum Gasteiger partial charge on any atom is -0.361 e. The zero-order chi connectivity index (χ0) is 16.4. The Bertz CT molecular complexity index is 794. The first kappa shape index (κ1) is 16.2. The lowest BCUT2D eigenvalue weighted by molar-refractivity contribution is 0.0900. The molecule has 8 heteroatoms. The second-order valence-electron chi connectivity index (χ2n) is 6.69. The second-order valence-corrected chi connectivity index (χ2v) is 12.7. The number of halogens is 1. The lowest BCUT2D eigenvalue weighted by Crippen LogP contribution is -2.22. The quantitative estimate of drug-likeness (QED) is 0.543. The topological polar surface area (TPSA) is 68.6 Å². The number of hydrogen-bond acceptors (Lipinski definition) is 4. The molecule has 3 heterocycles. The van der Waals surface area contributed by atoms with Gasteiger partial charge >= 0.3 is 0 Å². The van der Waals surface area contributed by atoms with E-state index >= 15 is 0 Å². The highest BCUT2D eigenvalue weighted by atomic mass is 35.5. The predicted octanol–water partition coefficient (Wildman–Crippen LogP) is 3.79. The van der Waals surface area contributed by atoms with E-state index in [1.165, 1.54) is 0 Å². The molecular weight excluding hydrogens is 330 g/mol. The molecule has 0 atom stereocenters. The molecule has 0 radical (unpaired) electrons. The standard InChI is InChI=1S/C15H20ClN5OSi/c1-23(2,3)5-4-22-10-21-13(16)6-12-14(11-7-19-20-8-11)17-9-18-15(12)21/h6-9H,4-5,10H2,1-3H3,(H,19,20). The lowest BCUT2D eigenvalue weighted by atomic mass is 10.2. The van der Waals surface area contributed by atoms with Crippen LogP contribution in [0.15, 0.2) is 24.8 Å². The first-order chi connectivity index (χ1) is 11.0. The number of aromatic nitrogens is 5. The van der Waals surface area contributed by atoms with Gasteiger partial charge in [0, 0.05) is 31.8 Å². The maximum atomic E-state index is 6.37. The molecule has 1 N–H and O–H groups in total. The Balaban J connectivity index is 1.84. The Labute approximate surface area is 140 Å². The van der Waals surface area contributed by atoms with E-state index in [0.717, 1.165) is 34.9 Å². The van der Waals surface area contributed by atoms with Crippen LogP contribution in [0.3, 0.4) is 0 Å². The van der Waals surface area contributed by atoms with Gasteiger partial charge in [-0.2, -0.15) is 5.10 Å². The van der Waals surface area contributed by atoms with E-state index in [9.17, 15) is 0 Å². The van der Waals surface area contributed by atoms with Crippen LogP contribution < -0.4 is 0 Å². The molecule has 0 aliphatic carbocycles. The van der Waals surface area contributed by atoms with Crippen LogP contribution in [0.25, 0.3) is 22.3 Å². The second kappa shape index (κ2) is 6.43. The lowest BCUT2D eigenvalue weighted by Gasteiger charge is -2.16. The Morgan fingerprint density at radius 3 is 2.83 bits per heavy atom. The van der Waals surface area contributed by atoms with Crippen molar-refractivity contribution in [3.8, 4) is 11.3 Å². The molecule has 0 fully saturated rings. The Morgan fingerprint density at radius 1 is 1.30 bits per heavy atom. The summed E-state index contributed by atoms with van der Waals surface area (Å²) in [4.78, 5) is 8.72. The molecule has 0 aliphatic rings. The molecule has 3 aromatic rings. The number of nitrogens with zero attached hydrogens (tertiary/aromatic N) is 4. The highest BCUT2D eigenvalue weighted by molar-refractivity contribution is 6.76. The Kier molecular flexibility index (Phi) is 4.52. The van der Waals surface area contributed by atoms with E-state index in [2.05, 4.69) is 39.8 Å². The number of aromatic amines is 1. The van der Waals surface area contributed by atoms with Crippen LogP contribution in [0, 0.1) is 0 Å². The normalized spacial score (nSPS) is 12.2. The average molecular weight is 350 g/mol. The smallest absolute Gasteiger partial charge is 0.147 e. The van der Waals surface area contributed by atoms with E-state index < -0.39 is 8.07 Å². The molecular formula is C15H20ClN5OSi. The first-order valence-electron chi connectivity index (χ1n) is 7.52. The van der Waals surface area contributed by atoms with Gasteiger partial charge in [-0.1, -0.05) is 31.2 Å². The molecule has 0 aliphatic heterocycles. The summed E-state index contributed by atoms with van der Waals surface area (Å²) < 4.78 is 7.68. The van der Waals surface area contributed by atoms with Crippen molar-refractivity contribution in [2.24, 2.45) is 0 Å². The number of fused-ring (bicyclic) bond motifs is 1. The molecule has 0 saturated carbocycles. The van der Waals surface area contributed by atoms with Crippen LogP contribution in [-0.2, 0) is 11.5 Å². The largest absolute Gasteiger partial charge is 0.361 e. The van der Waals surface area contributed by atoms with Gasteiger partial charge in [0.1, 0.15) is 23.9 Å². The van der Waals surface area contributed by atoms with Gasteiger partial charge in [-0.25, -0.2) is 9.97 Å². The van der Waals surface area contributed by atoms with Crippen molar-refractivity contribution in [3.63, 3.8) is 0 Å². The molecule has 0 spiro atoms. The number of nitrogens with one attached hydrogen (secondary N) is 1. The van der Waals surface area contributed by atoms with Crippen molar-refractivity contribution in [1.29, 1.82) is 0 Å². The maximum absolute atomic E-state index is 6.37. The summed E-state index contributed by atoms with van der Waals surface area (Å²) >= 11 is 6.37. The minimum atomic E-state index is -1.10. The highest BCUT2D eigenvalue weighted by Crippen LogP contribution is 2.29. The van der Waals surface area contributed by atoms with Crippen molar-refractivity contribution in [3.05, 3.63) is 29.9 Å². The van der Waals surface area contributed by atoms with Crippen molar-refractivity contribution in [1.82, 2.24) is 24.7 Å². The van der Waals surface area contributed by atoms with Crippen LogP contribution >= 0.6 is 11.6 Å². The molecule has 3 aromatic heterocycles. The Hall–Kier alpha value is -1.70. The van der Waals surface area contributed by atoms with Crippen LogP contribution in [0.2, 0.25) is 30.8 Å². The van der Waals surface area contributed by atoms with Gasteiger partial charge in [-0.15, -0.1) is 0 Å². The summed E-state index contributed by atoms with van der Waals surface area (Å²) in [5.74, 6) is 0. The van der Waals surface area contributed by atoms with Crippen LogP contribution in [0.1, 0.15) is 0 Å². The predicted molar refractivity (Wildman–Crippen MR) is 94.2 cm³/mol. The fraction of sp³-hybridized carbons (Fsp3) is 0.400. The summed E-state index contributed by atoms with van der Waals surface area (Å²) in [5.41, 5.74) is 2.49. The summed E-state index contributed by atoms with van der Waals surface area (Å²) in [5, 5.41) is 8.26. The van der Waals surface area contributed by atoms with Crippen LogP contribution in [0.4, 0.5) is 0 Å². The average Bonchev–Trinajstić information content (AvgIpc) is 3.10. The third kappa shape index (κ3) is 3.62. The van der Waals surface area contributed by atoms with Crippen molar-refractivity contribution in [2.45, 2.75) is 32.4 Å². The fourth-order valence-corrected chi connectivity index (χ4v) is 3.29. The summed E-state index contributed by atoms with van der Waals surface area (Å²) in [6.07, 6.45) is 5.08. The maximum Gasteiger partial charge on any atom is 0.147 e. The van der Waals surface area contributed by atoms with Crippen molar-refractivity contribution in [2.75, 3.05) is 6.61 Å². The van der Waals surface area contributed by atoms with Gasteiger partial charge in [0.2, 0.25) is 0 Å². The van der Waals surface area contributed by atoms with E-state index in [4.69, 9.17) is 16.3 Å². The van der Waals surface area contributed by atoms with Gasteiger partial charge in [-0.3, -0.25) is 9.67 Å². The monoisotopic (exact) mass is 349 g/mol. The van der Waals surface area contributed by atoms with Gasteiger partial charge in [0.25, 0.3) is 0 Å². The SMILES string of the molecule is C[Si](C)(C)CCOCn1c(Cl)cc2c(-c3cn[nH]c3)ncnc21. The zero-order valence-corrected chi connectivity index (χ0v) is 15.3. The fourth-order valence-electron chi connectivity index (χ4n) is 2.30. The van der Waals surface area contributed by atoms with E-state index in [1.54, 1.807) is 18.7 Å².